The average Bonchev–Trinajstić information content (AvgIpc) is 3.35. The summed E-state index contributed by atoms with van der Waals surface area (Å²) in [6.07, 6.45) is 1.13. The zero-order chi connectivity index (χ0) is 35.5. The smallest absolute Gasteiger partial charge is 0.258 e. The van der Waals surface area contributed by atoms with Crippen molar-refractivity contribution in [2.45, 2.75) is 45.3 Å². The number of piperazine rings is 1. The van der Waals surface area contributed by atoms with Crippen LogP contribution in [0.2, 0.25) is 0 Å². The SMILES string of the molecule is COc1cc2c(c(OC)c1OC)-c1ccc(NC(C)C(=O)N3CCN(Cc4nc5ccccc5c(=O)[nH]4)CC3)c(=O)cc1C(NC(C)=O)CC2. The lowest BCUT2D eigenvalue weighted by Gasteiger charge is -2.35. The van der Waals surface area contributed by atoms with Gasteiger partial charge >= 0.3 is 0 Å². The lowest BCUT2D eigenvalue weighted by Crippen LogP contribution is -2.52. The zero-order valence-corrected chi connectivity index (χ0v) is 28.9. The van der Waals surface area contributed by atoms with E-state index in [0.717, 1.165) is 11.1 Å². The van der Waals surface area contributed by atoms with Gasteiger partial charge in [0.15, 0.2) is 11.5 Å². The molecule has 1 aromatic heterocycles. The molecule has 0 saturated carbocycles. The summed E-state index contributed by atoms with van der Waals surface area (Å²) in [4.78, 5) is 63.6. The number of aryl methyl sites for hydroxylation is 1. The monoisotopic (exact) mass is 682 g/mol. The number of hydrogen-bond donors (Lipinski definition) is 3. The molecule has 0 spiro atoms. The van der Waals surface area contributed by atoms with E-state index < -0.39 is 12.1 Å². The molecule has 3 N–H and O–H groups in total. The van der Waals surface area contributed by atoms with E-state index >= 15 is 0 Å². The number of para-hydroxylation sites is 1. The maximum absolute atomic E-state index is 13.8. The highest BCUT2D eigenvalue weighted by Crippen LogP contribution is 2.50. The number of nitrogens with zero attached hydrogens (tertiary/aromatic N) is 3. The number of H-pyrrole nitrogens is 1. The Morgan fingerprint density at radius 2 is 1.72 bits per heavy atom. The Bertz CT molecular complexity index is 2060. The lowest BCUT2D eigenvalue weighted by atomic mass is 9.95. The van der Waals surface area contributed by atoms with E-state index in [9.17, 15) is 19.2 Å². The molecular formula is C37H42N6O7. The number of rotatable bonds is 9. The molecule has 1 aliphatic heterocycles. The van der Waals surface area contributed by atoms with Gasteiger partial charge in [-0.05, 0) is 66.8 Å². The summed E-state index contributed by atoms with van der Waals surface area (Å²) in [5.74, 6) is 1.64. The first-order valence-electron chi connectivity index (χ1n) is 16.6. The Kier molecular flexibility index (Phi) is 10.0. The van der Waals surface area contributed by atoms with Crippen LogP contribution >= 0.6 is 0 Å². The van der Waals surface area contributed by atoms with Crippen molar-refractivity contribution in [1.29, 1.82) is 0 Å². The van der Waals surface area contributed by atoms with Crippen LogP contribution in [0.5, 0.6) is 17.2 Å². The van der Waals surface area contributed by atoms with Gasteiger partial charge in [-0.15, -0.1) is 0 Å². The van der Waals surface area contributed by atoms with Crippen LogP contribution in [0, 0.1) is 0 Å². The number of benzene rings is 2. The third-order valence-electron chi connectivity index (χ3n) is 9.38. The summed E-state index contributed by atoms with van der Waals surface area (Å²) in [7, 11) is 4.65. The summed E-state index contributed by atoms with van der Waals surface area (Å²) < 4.78 is 17.1. The van der Waals surface area contributed by atoms with Gasteiger partial charge in [0.05, 0.1) is 50.5 Å². The third kappa shape index (κ3) is 6.86. The fraction of sp³-hybridized carbons (Fsp3) is 0.378. The van der Waals surface area contributed by atoms with Crippen molar-refractivity contribution in [3.05, 3.63) is 86.1 Å². The van der Waals surface area contributed by atoms with Gasteiger partial charge in [0.2, 0.25) is 23.0 Å². The summed E-state index contributed by atoms with van der Waals surface area (Å²) in [6, 6.07) is 13.0. The molecule has 2 amide bonds. The second-order valence-corrected chi connectivity index (χ2v) is 12.6. The van der Waals surface area contributed by atoms with Crippen LogP contribution in [0.1, 0.15) is 43.3 Å². The van der Waals surface area contributed by atoms with Crippen LogP contribution in [-0.4, -0.2) is 85.1 Å². The standard InChI is InChI=1S/C37H42N6O7/c1-21(37(47)43-16-14-42(15-17-43)20-32-40-27-9-7-6-8-25(27)36(46)41-32)38-29-13-11-24-26(19-30(29)45)28(39-22(2)44)12-10-23-18-31(48-3)34(49-4)35(50-5)33(23)24/h6-9,11,13,18-19,21,28H,10,12,14-17,20H2,1-5H3,(H,38,45)(H,39,44)(H,40,41,46). The molecule has 13 nitrogen and oxygen atoms in total. The number of carbonyl (C=O) groups is 2. The summed E-state index contributed by atoms with van der Waals surface area (Å²) >= 11 is 0. The molecule has 2 atom stereocenters. The second kappa shape index (κ2) is 14.6. The summed E-state index contributed by atoms with van der Waals surface area (Å²) in [5, 5.41) is 6.72. The highest BCUT2D eigenvalue weighted by atomic mass is 16.5. The van der Waals surface area contributed by atoms with Gasteiger partial charge < -0.3 is 34.7 Å². The lowest BCUT2D eigenvalue weighted by molar-refractivity contribution is -0.133. The second-order valence-electron chi connectivity index (χ2n) is 12.6. The number of anilines is 1. The van der Waals surface area contributed by atoms with E-state index in [2.05, 4.69) is 25.5 Å². The van der Waals surface area contributed by atoms with Gasteiger partial charge in [0.1, 0.15) is 11.9 Å². The highest BCUT2D eigenvalue weighted by molar-refractivity contribution is 5.86. The van der Waals surface area contributed by atoms with Gasteiger partial charge in [-0.25, -0.2) is 4.98 Å². The number of methoxy groups -OCH3 is 3. The zero-order valence-electron chi connectivity index (χ0n) is 28.9. The van der Waals surface area contributed by atoms with Crippen molar-refractivity contribution < 1.29 is 23.8 Å². The first-order valence-corrected chi connectivity index (χ1v) is 16.6. The average molecular weight is 683 g/mol. The minimum atomic E-state index is -0.688. The predicted octanol–water partition coefficient (Wildman–Crippen LogP) is 3.24. The summed E-state index contributed by atoms with van der Waals surface area (Å²) in [6.45, 7) is 5.85. The molecule has 0 bridgehead atoms. The molecule has 2 heterocycles. The number of carbonyl (C=O) groups excluding carboxylic acids is 2. The van der Waals surface area contributed by atoms with Gasteiger partial charge in [-0.3, -0.25) is 24.1 Å². The van der Waals surface area contributed by atoms with Gasteiger partial charge in [-0.2, -0.15) is 0 Å². The van der Waals surface area contributed by atoms with Crippen LogP contribution in [0.25, 0.3) is 22.0 Å². The molecule has 262 valence electrons. The van der Waals surface area contributed by atoms with Gasteiger partial charge in [-0.1, -0.05) is 18.2 Å². The van der Waals surface area contributed by atoms with Gasteiger partial charge in [0, 0.05) is 38.7 Å². The normalized spacial score (nSPS) is 16.4. The molecule has 1 fully saturated rings. The number of fused-ring (bicyclic) bond motifs is 4. The van der Waals surface area contributed by atoms with Crippen LogP contribution < -0.4 is 35.8 Å². The molecule has 1 aliphatic carbocycles. The van der Waals surface area contributed by atoms with Gasteiger partial charge in [0.25, 0.3) is 5.56 Å². The largest absolute Gasteiger partial charge is 0.493 e. The molecule has 4 aromatic rings. The van der Waals surface area contributed by atoms with E-state index in [1.807, 2.05) is 30.3 Å². The number of ether oxygens (including phenoxy) is 3. The summed E-state index contributed by atoms with van der Waals surface area (Å²) in [5.41, 5.74) is 3.44. The minimum absolute atomic E-state index is 0.130. The minimum Gasteiger partial charge on any atom is -0.493 e. The first kappa shape index (κ1) is 34.4. The van der Waals surface area contributed by atoms with E-state index in [4.69, 9.17) is 14.2 Å². The molecule has 13 heteroatoms. The molecule has 3 aromatic carbocycles. The van der Waals surface area contributed by atoms with Crippen LogP contribution in [0.15, 0.2) is 58.1 Å². The first-order chi connectivity index (χ1) is 24.1. The maximum Gasteiger partial charge on any atom is 0.258 e. The Hall–Kier alpha value is -5.43. The number of nitrogens with one attached hydrogen (secondary N) is 3. The van der Waals surface area contributed by atoms with Crippen molar-refractivity contribution in [1.82, 2.24) is 25.1 Å². The number of aromatic nitrogens is 2. The topological polar surface area (TPSA) is 155 Å². The molecular weight excluding hydrogens is 640 g/mol. The number of aromatic amines is 1. The highest BCUT2D eigenvalue weighted by Gasteiger charge is 2.30. The molecule has 0 radical (unpaired) electrons. The molecule has 1 saturated heterocycles. The Balaban J connectivity index is 1.22. The van der Waals surface area contributed by atoms with Crippen molar-refractivity contribution in [2.24, 2.45) is 0 Å². The fourth-order valence-electron chi connectivity index (χ4n) is 6.94. The quantitative estimate of drug-likeness (QED) is 0.240. The molecule has 50 heavy (non-hydrogen) atoms. The predicted molar refractivity (Wildman–Crippen MR) is 190 cm³/mol. The molecule has 2 aliphatic rings. The van der Waals surface area contributed by atoms with E-state index in [1.165, 1.54) is 20.1 Å². The number of hydrogen-bond acceptors (Lipinski definition) is 10. The Morgan fingerprint density at radius 1 is 0.980 bits per heavy atom. The fourth-order valence-corrected chi connectivity index (χ4v) is 6.94. The van der Waals surface area contributed by atoms with Crippen LogP contribution in [0.4, 0.5) is 5.69 Å². The number of amides is 2. The van der Waals surface area contributed by atoms with E-state index in [0.29, 0.717) is 90.7 Å². The molecule has 6 rings (SSSR count). The molecule has 2 unspecified atom stereocenters. The Morgan fingerprint density at radius 3 is 2.42 bits per heavy atom. The van der Waals surface area contributed by atoms with Crippen LogP contribution in [0.3, 0.4) is 0 Å². The Labute approximate surface area is 289 Å². The third-order valence-corrected chi connectivity index (χ3v) is 9.38. The maximum atomic E-state index is 13.8. The van der Waals surface area contributed by atoms with E-state index in [-0.39, 0.29) is 28.5 Å². The van der Waals surface area contributed by atoms with Crippen molar-refractivity contribution >= 4 is 28.4 Å². The van der Waals surface area contributed by atoms with E-state index in [1.54, 1.807) is 38.2 Å². The van der Waals surface area contributed by atoms with Crippen molar-refractivity contribution in [3.8, 4) is 28.4 Å². The van der Waals surface area contributed by atoms with Crippen molar-refractivity contribution in [2.75, 3.05) is 52.8 Å². The van der Waals surface area contributed by atoms with Crippen LogP contribution in [-0.2, 0) is 22.6 Å². The van der Waals surface area contributed by atoms with Crippen molar-refractivity contribution in [3.63, 3.8) is 0 Å².